The average Bonchev–Trinajstić information content (AvgIpc) is 2.88. The van der Waals surface area contributed by atoms with Gasteiger partial charge < -0.3 is 16.4 Å². The first-order valence-corrected chi connectivity index (χ1v) is 13.4. The molecule has 188 valence electrons. The van der Waals surface area contributed by atoms with E-state index in [9.17, 15) is 9.59 Å². The Morgan fingerprint density at radius 1 is 0.971 bits per heavy atom. The molecule has 35 heavy (non-hydrogen) atoms. The van der Waals surface area contributed by atoms with E-state index in [0.29, 0.717) is 30.6 Å². The molecule has 0 spiro atoms. The number of nitrogen functional groups attached to an aromatic ring is 1. The van der Waals surface area contributed by atoms with Gasteiger partial charge in [-0.3, -0.25) is 9.59 Å². The summed E-state index contributed by atoms with van der Waals surface area (Å²) >= 11 is 0. The van der Waals surface area contributed by atoms with E-state index in [1.807, 2.05) is 24.3 Å². The monoisotopic (exact) mass is 476 g/mol. The highest BCUT2D eigenvalue weighted by Gasteiger charge is 2.37. The van der Waals surface area contributed by atoms with Crippen molar-refractivity contribution < 1.29 is 9.59 Å². The van der Waals surface area contributed by atoms with Crippen LogP contribution in [0.3, 0.4) is 0 Å². The smallest absolute Gasteiger partial charge is 0.242 e. The fourth-order valence-corrected chi connectivity index (χ4v) is 6.12. The van der Waals surface area contributed by atoms with Gasteiger partial charge in [-0.25, -0.2) is 4.98 Å². The van der Waals surface area contributed by atoms with E-state index in [0.717, 1.165) is 37.2 Å². The van der Waals surface area contributed by atoms with Crippen LogP contribution in [0.1, 0.15) is 75.3 Å². The van der Waals surface area contributed by atoms with Crippen LogP contribution in [0.15, 0.2) is 48.7 Å². The first-order valence-electron chi connectivity index (χ1n) is 13.4. The highest BCUT2D eigenvalue weighted by molar-refractivity contribution is 5.87. The van der Waals surface area contributed by atoms with Gasteiger partial charge in [-0.15, -0.1) is 0 Å². The summed E-state index contributed by atoms with van der Waals surface area (Å²) in [6.07, 6.45) is 13.4. The van der Waals surface area contributed by atoms with Crippen molar-refractivity contribution in [2.45, 2.75) is 83.2 Å². The largest absolute Gasteiger partial charge is 0.384 e. The number of aromatic nitrogens is 1. The number of nitrogens with two attached hydrogens (primary N) is 1. The molecule has 2 fully saturated rings. The number of amides is 2. The minimum atomic E-state index is -0.494. The molecule has 2 saturated carbocycles. The van der Waals surface area contributed by atoms with Crippen molar-refractivity contribution in [1.82, 2.24) is 15.6 Å². The van der Waals surface area contributed by atoms with Gasteiger partial charge in [-0.1, -0.05) is 74.9 Å². The molecule has 4 atom stereocenters. The van der Waals surface area contributed by atoms with Crippen LogP contribution in [-0.2, 0) is 22.6 Å². The summed E-state index contributed by atoms with van der Waals surface area (Å²) in [6.45, 7) is 0.378. The van der Waals surface area contributed by atoms with E-state index in [1.165, 1.54) is 44.1 Å². The van der Waals surface area contributed by atoms with Crippen LogP contribution in [0.2, 0.25) is 0 Å². The lowest BCUT2D eigenvalue weighted by molar-refractivity contribution is -0.130. The summed E-state index contributed by atoms with van der Waals surface area (Å²) in [5.74, 6) is 2.33. The normalized spacial score (nSPS) is 22.6. The second kappa shape index (κ2) is 12.7. The maximum Gasteiger partial charge on any atom is 0.242 e. The van der Waals surface area contributed by atoms with Gasteiger partial charge in [0.25, 0.3) is 0 Å². The molecule has 3 unspecified atom stereocenters. The molecule has 4 N–H and O–H groups in total. The lowest BCUT2D eigenvalue weighted by Crippen LogP contribution is -2.48. The van der Waals surface area contributed by atoms with Crippen LogP contribution in [0.4, 0.5) is 5.82 Å². The Bertz CT molecular complexity index is 945. The van der Waals surface area contributed by atoms with Crippen LogP contribution in [-0.4, -0.2) is 22.8 Å². The number of benzene rings is 1. The number of carbonyl (C=O) groups excluding carboxylic acids is 2. The van der Waals surface area contributed by atoms with Crippen LogP contribution >= 0.6 is 0 Å². The van der Waals surface area contributed by atoms with Gasteiger partial charge in [0.1, 0.15) is 11.9 Å². The average molecular weight is 477 g/mol. The fraction of sp³-hybridized carbons (Fsp3) is 0.552. The molecule has 2 aliphatic carbocycles. The molecule has 0 saturated heterocycles. The standard InChI is InChI=1S/C29H40N4O2/c30-27-17-16-22(19-31-27)20-32-29(35)26(18-24-13-7-12-23-11-4-5-14-25(23)24)33-28(34)15-6-10-21-8-2-1-3-9-21/h1-3,8-9,16-17,19,23-26H,4-7,10-15,18,20H2,(H2,30,31)(H,32,35)(H,33,34)/t23?,24?,25?,26-/m0/s1. The van der Waals surface area contributed by atoms with Crippen molar-refractivity contribution in [3.63, 3.8) is 0 Å². The third-order valence-electron chi connectivity index (χ3n) is 7.94. The van der Waals surface area contributed by atoms with E-state index >= 15 is 0 Å². The Morgan fingerprint density at radius 2 is 1.77 bits per heavy atom. The van der Waals surface area contributed by atoms with Crippen molar-refractivity contribution in [3.8, 4) is 0 Å². The molecule has 1 aromatic carbocycles. The molecule has 1 heterocycles. The van der Waals surface area contributed by atoms with Crippen LogP contribution < -0.4 is 16.4 Å². The number of fused-ring (bicyclic) bond motifs is 1. The molecule has 4 rings (SSSR count). The molecule has 6 heteroatoms. The van der Waals surface area contributed by atoms with Crippen molar-refractivity contribution in [2.75, 3.05) is 5.73 Å². The maximum absolute atomic E-state index is 13.3. The van der Waals surface area contributed by atoms with Crippen molar-refractivity contribution in [3.05, 3.63) is 59.8 Å². The third kappa shape index (κ3) is 7.55. The summed E-state index contributed by atoms with van der Waals surface area (Å²) in [7, 11) is 0. The highest BCUT2D eigenvalue weighted by atomic mass is 16.2. The Kier molecular flexibility index (Phi) is 9.15. The molecule has 0 bridgehead atoms. The summed E-state index contributed by atoms with van der Waals surface area (Å²) in [5.41, 5.74) is 7.80. The predicted molar refractivity (Wildman–Crippen MR) is 139 cm³/mol. The second-order valence-corrected chi connectivity index (χ2v) is 10.4. The zero-order valence-electron chi connectivity index (χ0n) is 20.8. The predicted octanol–water partition coefficient (Wildman–Crippen LogP) is 4.78. The SMILES string of the molecule is Nc1ccc(CNC(=O)[C@H](CC2CCCC3CCCCC32)NC(=O)CCCc2ccccc2)cn1. The van der Waals surface area contributed by atoms with Gasteiger partial charge in [0, 0.05) is 19.2 Å². The first-order chi connectivity index (χ1) is 17.1. The highest BCUT2D eigenvalue weighted by Crippen LogP contribution is 2.45. The van der Waals surface area contributed by atoms with E-state index in [4.69, 9.17) is 5.73 Å². The van der Waals surface area contributed by atoms with Gasteiger partial charge in [0.2, 0.25) is 11.8 Å². The molecule has 2 amide bonds. The van der Waals surface area contributed by atoms with Gasteiger partial charge >= 0.3 is 0 Å². The summed E-state index contributed by atoms with van der Waals surface area (Å²) in [6, 6.07) is 13.3. The molecule has 2 aromatic rings. The number of anilines is 1. The summed E-state index contributed by atoms with van der Waals surface area (Å²) < 4.78 is 0. The fourth-order valence-electron chi connectivity index (χ4n) is 6.12. The summed E-state index contributed by atoms with van der Waals surface area (Å²) in [5, 5.41) is 6.14. The number of nitrogens with zero attached hydrogens (tertiary/aromatic N) is 1. The topological polar surface area (TPSA) is 97.1 Å². The van der Waals surface area contributed by atoms with Crippen molar-refractivity contribution in [2.24, 2.45) is 17.8 Å². The van der Waals surface area contributed by atoms with E-state index < -0.39 is 6.04 Å². The van der Waals surface area contributed by atoms with E-state index in [-0.39, 0.29) is 11.8 Å². The number of hydrogen-bond donors (Lipinski definition) is 3. The van der Waals surface area contributed by atoms with Crippen molar-refractivity contribution in [1.29, 1.82) is 0 Å². The number of aryl methyl sites for hydroxylation is 1. The zero-order valence-corrected chi connectivity index (χ0v) is 20.8. The molecule has 6 nitrogen and oxygen atoms in total. The Labute approximate surface area is 209 Å². The van der Waals surface area contributed by atoms with Crippen LogP contribution in [0.5, 0.6) is 0 Å². The summed E-state index contributed by atoms with van der Waals surface area (Å²) in [4.78, 5) is 30.3. The molecular formula is C29H40N4O2. The lowest BCUT2D eigenvalue weighted by atomic mass is 9.64. The number of hydrogen-bond acceptors (Lipinski definition) is 4. The van der Waals surface area contributed by atoms with Crippen LogP contribution in [0.25, 0.3) is 0 Å². The molecule has 0 radical (unpaired) electrons. The minimum Gasteiger partial charge on any atom is -0.384 e. The van der Waals surface area contributed by atoms with Crippen LogP contribution in [0, 0.1) is 17.8 Å². The Hall–Kier alpha value is -2.89. The maximum atomic E-state index is 13.3. The number of rotatable bonds is 10. The molecular weight excluding hydrogens is 436 g/mol. The number of pyridine rings is 1. The van der Waals surface area contributed by atoms with Crippen molar-refractivity contribution >= 4 is 17.6 Å². The van der Waals surface area contributed by atoms with E-state index in [2.05, 4.69) is 27.8 Å². The lowest BCUT2D eigenvalue weighted by Gasteiger charge is -2.42. The van der Waals surface area contributed by atoms with Gasteiger partial charge in [0.05, 0.1) is 0 Å². The molecule has 2 aliphatic rings. The van der Waals surface area contributed by atoms with Gasteiger partial charge in [0.15, 0.2) is 0 Å². The Balaban J connectivity index is 1.36. The molecule has 0 aliphatic heterocycles. The third-order valence-corrected chi connectivity index (χ3v) is 7.94. The van der Waals surface area contributed by atoms with Gasteiger partial charge in [-0.2, -0.15) is 0 Å². The number of nitrogens with one attached hydrogen (secondary N) is 2. The second-order valence-electron chi connectivity index (χ2n) is 10.4. The Morgan fingerprint density at radius 3 is 2.57 bits per heavy atom. The van der Waals surface area contributed by atoms with E-state index in [1.54, 1.807) is 12.3 Å². The van der Waals surface area contributed by atoms with Gasteiger partial charge in [-0.05, 0) is 60.6 Å². The quantitative estimate of drug-likeness (QED) is 0.459. The number of carbonyl (C=O) groups is 2. The first kappa shape index (κ1) is 25.2. The zero-order chi connectivity index (χ0) is 24.5. The molecule has 1 aromatic heterocycles. The minimum absolute atomic E-state index is 0.0359.